The fraction of sp³-hybridized carbons (Fsp3) is 0.556. The van der Waals surface area contributed by atoms with Crippen LogP contribution in [-0.4, -0.2) is 111 Å². The van der Waals surface area contributed by atoms with E-state index in [2.05, 4.69) is 42.2 Å². The normalized spacial score (nSPS) is 23.4. The summed E-state index contributed by atoms with van der Waals surface area (Å²) in [6.07, 6.45) is 8.65. The zero-order valence-corrected chi connectivity index (χ0v) is 34.5. The second kappa shape index (κ2) is 15.6. The number of amides is 3. The summed E-state index contributed by atoms with van der Waals surface area (Å²) in [6, 6.07) is 8.20. The summed E-state index contributed by atoms with van der Waals surface area (Å²) < 4.78 is 54.0. The molecule has 1 aliphatic carbocycles. The Morgan fingerprint density at radius 1 is 0.869 bits per heavy atom. The average Bonchev–Trinajstić information content (AvgIpc) is 3.67. The molecule has 0 radical (unpaired) electrons. The molecule has 1 saturated carbocycles. The number of nitrogens with one attached hydrogen (secondary N) is 2. The van der Waals surface area contributed by atoms with Crippen LogP contribution in [0.25, 0.3) is 22.3 Å². The summed E-state index contributed by atoms with van der Waals surface area (Å²) in [4.78, 5) is 54.0. The molecular formula is C45H52F3N9O4. The van der Waals surface area contributed by atoms with E-state index in [1.807, 2.05) is 24.3 Å². The van der Waals surface area contributed by atoms with E-state index in [9.17, 15) is 14.4 Å². The van der Waals surface area contributed by atoms with E-state index in [1.54, 1.807) is 11.2 Å². The number of hydrogen-bond acceptors (Lipinski definition) is 10. The van der Waals surface area contributed by atoms with Gasteiger partial charge in [0, 0.05) is 69.3 Å². The van der Waals surface area contributed by atoms with Gasteiger partial charge in [-0.25, -0.2) is 23.1 Å². The molecule has 4 aromatic rings. The fourth-order valence-corrected chi connectivity index (χ4v) is 10.3. The lowest BCUT2D eigenvalue weighted by atomic mass is 9.80. The molecule has 2 aromatic carbocycles. The highest BCUT2D eigenvalue weighted by Crippen LogP contribution is 2.42. The standard InChI is InChI=1S/C45H52F3N9O4/c1-44(10-11-44)61-29-2-3-34-31(20-29)40(53-52-34)35-22-37(50-26-49-35)55-14-8-28(9-15-55)24-54-18-12-45(48,13-19-54)23-27-6-16-56(17-7-27)41-33(46)21-30-32(39(41)47)25-57(43(30)60)36-4-5-38(58)51-42(36)59/h2-3,20-22,26-28,36H,4-19,23-25H2,1H3,(H,52,53)(H,51,58,59). The van der Waals surface area contributed by atoms with Crippen molar-refractivity contribution in [2.75, 3.05) is 55.6 Å². The molecule has 1 unspecified atom stereocenters. The summed E-state index contributed by atoms with van der Waals surface area (Å²) >= 11 is 0. The largest absolute Gasteiger partial charge is 0.488 e. The van der Waals surface area contributed by atoms with Crippen molar-refractivity contribution < 1.29 is 32.3 Å². The molecule has 2 N–H and O–H groups in total. The minimum atomic E-state index is -1.26. The maximum absolute atomic E-state index is 16.4. The fourth-order valence-electron chi connectivity index (χ4n) is 10.3. The molecule has 2 aromatic heterocycles. The summed E-state index contributed by atoms with van der Waals surface area (Å²) in [5, 5.41) is 10.9. The smallest absolute Gasteiger partial charge is 0.255 e. The Hall–Kier alpha value is -5.25. The molecule has 4 saturated heterocycles. The van der Waals surface area contributed by atoms with Crippen molar-refractivity contribution >= 4 is 40.1 Å². The summed E-state index contributed by atoms with van der Waals surface area (Å²) in [5.74, 6) is -0.889. The second-order valence-electron chi connectivity index (χ2n) is 18.6. The van der Waals surface area contributed by atoms with E-state index in [-0.39, 0.29) is 47.7 Å². The molecule has 0 spiro atoms. The highest BCUT2D eigenvalue weighted by molar-refractivity contribution is 6.05. The van der Waals surface area contributed by atoms with Crippen molar-refractivity contribution in [3.63, 3.8) is 0 Å². The van der Waals surface area contributed by atoms with Crippen LogP contribution in [0.3, 0.4) is 0 Å². The number of nitrogens with zero attached hydrogens (tertiary/aromatic N) is 7. The lowest BCUT2D eigenvalue weighted by molar-refractivity contribution is -0.136. The Labute approximate surface area is 352 Å². The van der Waals surface area contributed by atoms with Crippen LogP contribution < -0.4 is 19.9 Å². The predicted molar refractivity (Wildman–Crippen MR) is 222 cm³/mol. The number of halogens is 3. The highest BCUT2D eigenvalue weighted by Gasteiger charge is 2.43. The van der Waals surface area contributed by atoms with Crippen LogP contribution in [-0.2, 0) is 16.1 Å². The quantitative estimate of drug-likeness (QED) is 0.175. The first-order chi connectivity index (χ1) is 29.4. The number of carbonyl (C=O) groups excluding carboxylic acids is 3. The first-order valence-corrected chi connectivity index (χ1v) is 22.0. The molecule has 5 fully saturated rings. The number of rotatable bonds is 10. The SMILES string of the molecule is CC1(Oc2ccc3[nH]nc(-c4cc(N5CCC(CN6CCC(F)(CC7CCN(c8c(F)cc9c(c8F)CN(C8CCC(=O)NC8=O)C9=O)CC7)CC6)CC5)ncn4)c3c2)CC1. The maximum atomic E-state index is 16.4. The third-order valence-electron chi connectivity index (χ3n) is 14.2. The van der Waals surface area contributed by atoms with Crippen LogP contribution in [0.2, 0.25) is 0 Å². The van der Waals surface area contributed by atoms with Gasteiger partial charge in [0.15, 0.2) is 5.82 Å². The first kappa shape index (κ1) is 39.9. The van der Waals surface area contributed by atoms with Gasteiger partial charge < -0.3 is 24.3 Å². The Balaban J connectivity index is 0.688. The molecule has 61 heavy (non-hydrogen) atoms. The van der Waals surface area contributed by atoms with Crippen LogP contribution in [0, 0.1) is 23.5 Å². The number of benzene rings is 2. The topological polar surface area (TPSA) is 140 Å². The molecule has 5 aliphatic heterocycles. The number of H-pyrrole nitrogens is 1. The minimum Gasteiger partial charge on any atom is -0.488 e. The number of aromatic nitrogens is 4. The monoisotopic (exact) mass is 839 g/mol. The van der Waals surface area contributed by atoms with Gasteiger partial charge in [-0.3, -0.25) is 24.8 Å². The average molecular weight is 840 g/mol. The molecule has 3 amide bonds. The van der Waals surface area contributed by atoms with Crippen molar-refractivity contribution in [3.05, 3.63) is 59.4 Å². The van der Waals surface area contributed by atoms with Crippen molar-refractivity contribution in [1.82, 2.24) is 35.3 Å². The minimum absolute atomic E-state index is 0.0656. The molecule has 16 heteroatoms. The van der Waals surface area contributed by atoms with Gasteiger partial charge in [-0.15, -0.1) is 0 Å². The van der Waals surface area contributed by atoms with E-state index < -0.39 is 41.1 Å². The van der Waals surface area contributed by atoms with Crippen LogP contribution in [0.15, 0.2) is 36.7 Å². The first-order valence-electron chi connectivity index (χ1n) is 22.0. The number of anilines is 2. The molecule has 7 heterocycles. The Morgan fingerprint density at radius 2 is 1.61 bits per heavy atom. The van der Waals surface area contributed by atoms with Crippen LogP contribution in [0.4, 0.5) is 24.7 Å². The lowest BCUT2D eigenvalue weighted by Crippen LogP contribution is -2.52. The lowest BCUT2D eigenvalue weighted by Gasteiger charge is -2.42. The van der Waals surface area contributed by atoms with Gasteiger partial charge >= 0.3 is 0 Å². The van der Waals surface area contributed by atoms with E-state index in [4.69, 9.17) is 4.74 Å². The third-order valence-corrected chi connectivity index (χ3v) is 14.2. The molecular weight excluding hydrogens is 788 g/mol. The number of fused-ring (bicyclic) bond motifs is 2. The van der Waals surface area contributed by atoms with E-state index in [0.29, 0.717) is 64.2 Å². The number of ether oxygens (including phenoxy) is 1. The van der Waals surface area contributed by atoms with E-state index >= 15 is 13.2 Å². The Kier molecular flexibility index (Phi) is 10.2. The molecule has 322 valence electrons. The zero-order valence-electron chi connectivity index (χ0n) is 34.5. The number of alkyl halides is 1. The molecule has 6 aliphatic rings. The van der Waals surface area contributed by atoms with Crippen molar-refractivity contribution in [3.8, 4) is 17.1 Å². The summed E-state index contributed by atoms with van der Waals surface area (Å²) in [6.45, 7) is 6.90. The van der Waals surface area contributed by atoms with Gasteiger partial charge in [0.2, 0.25) is 11.8 Å². The van der Waals surface area contributed by atoms with E-state index in [1.165, 1.54) is 4.90 Å². The highest BCUT2D eigenvalue weighted by atomic mass is 19.1. The number of carbonyl (C=O) groups is 3. The van der Waals surface area contributed by atoms with Crippen LogP contribution in [0.5, 0.6) is 5.75 Å². The summed E-state index contributed by atoms with van der Waals surface area (Å²) in [7, 11) is 0. The number of aromatic amines is 1. The van der Waals surface area contributed by atoms with Crippen molar-refractivity contribution in [2.45, 2.75) is 101 Å². The number of piperidine rings is 4. The van der Waals surface area contributed by atoms with E-state index in [0.717, 1.165) is 85.2 Å². The van der Waals surface area contributed by atoms with Crippen molar-refractivity contribution in [1.29, 1.82) is 0 Å². The number of likely N-dealkylation sites (tertiary alicyclic amines) is 1. The van der Waals surface area contributed by atoms with Crippen molar-refractivity contribution in [2.24, 2.45) is 11.8 Å². The van der Waals surface area contributed by atoms with Gasteiger partial charge in [0.05, 0.1) is 23.3 Å². The zero-order chi connectivity index (χ0) is 42.0. The van der Waals surface area contributed by atoms with Gasteiger partial charge in [0.1, 0.15) is 52.4 Å². The van der Waals surface area contributed by atoms with Gasteiger partial charge in [-0.2, -0.15) is 5.10 Å². The third kappa shape index (κ3) is 7.91. The van der Waals surface area contributed by atoms with Gasteiger partial charge in [-0.05, 0) is 107 Å². The number of imide groups is 1. The Morgan fingerprint density at radius 3 is 2.34 bits per heavy atom. The second-order valence-corrected chi connectivity index (χ2v) is 18.6. The number of hydrogen-bond donors (Lipinski definition) is 2. The van der Waals surface area contributed by atoms with Crippen LogP contribution in [0.1, 0.15) is 93.5 Å². The van der Waals surface area contributed by atoms with Gasteiger partial charge in [0.25, 0.3) is 5.91 Å². The molecule has 13 nitrogen and oxygen atoms in total. The van der Waals surface area contributed by atoms with Gasteiger partial charge in [-0.1, -0.05) is 0 Å². The maximum Gasteiger partial charge on any atom is 0.255 e. The molecule has 10 rings (SSSR count). The summed E-state index contributed by atoms with van der Waals surface area (Å²) in [5.41, 5.74) is 0.957. The molecule has 0 bridgehead atoms. The Bertz CT molecular complexity index is 2360. The molecule has 1 atom stereocenters. The predicted octanol–water partition coefficient (Wildman–Crippen LogP) is 6.32. The van der Waals surface area contributed by atoms with Crippen LogP contribution >= 0.6 is 0 Å².